The molecule has 0 bridgehead atoms. The van der Waals surface area contributed by atoms with E-state index in [1.165, 1.54) is 0 Å². The molecule has 0 aliphatic rings. The lowest BCUT2D eigenvalue weighted by atomic mass is 9.97. The SMILES string of the molecule is CCC(C)C(NC(=O)C(CCC(=O)O)NC(=O)C(N)CCCCN)C(=O)NCC(=O)O. The van der Waals surface area contributed by atoms with Gasteiger partial charge in [0.25, 0.3) is 0 Å². The Hall–Kier alpha value is -2.73. The summed E-state index contributed by atoms with van der Waals surface area (Å²) < 4.78 is 0. The van der Waals surface area contributed by atoms with Crippen LogP contribution >= 0.6 is 0 Å². The van der Waals surface area contributed by atoms with Crippen LogP contribution in [0.3, 0.4) is 0 Å². The summed E-state index contributed by atoms with van der Waals surface area (Å²) in [7, 11) is 0. The first kappa shape index (κ1) is 28.3. The molecule has 3 amide bonds. The first-order chi connectivity index (χ1) is 14.5. The van der Waals surface area contributed by atoms with Crippen molar-refractivity contribution in [1.29, 1.82) is 0 Å². The first-order valence-corrected chi connectivity index (χ1v) is 10.3. The van der Waals surface area contributed by atoms with Crippen LogP contribution in [0.25, 0.3) is 0 Å². The van der Waals surface area contributed by atoms with E-state index in [9.17, 15) is 24.0 Å². The Kier molecular flexibility index (Phi) is 13.8. The van der Waals surface area contributed by atoms with E-state index in [-0.39, 0.29) is 18.8 Å². The van der Waals surface area contributed by atoms with Crippen LogP contribution in [-0.2, 0) is 24.0 Å². The van der Waals surface area contributed by atoms with E-state index in [0.717, 1.165) is 0 Å². The predicted molar refractivity (Wildman–Crippen MR) is 112 cm³/mol. The zero-order chi connectivity index (χ0) is 24.0. The smallest absolute Gasteiger partial charge is 0.322 e. The number of amides is 3. The molecular formula is C19H35N5O7. The Labute approximate surface area is 181 Å². The van der Waals surface area contributed by atoms with E-state index in [1.807, 2.05) is 0 Å². The van der Waals surface area contributed by atoms with Crippen LogP contribution in [0.4, 0.5) is 0 Å². The van der Waals surface area contributed by atoms with Gasteiger partial charge in [0, 0.05) is 6.42 Å². The lowest BCUT2D eigenvalue weighted by Crippen LogP contribution is -2.57. The molecule has 178 valence electrons. The lowest BCUT2D eigenvalue weighted by molar-refractivity contribution is -0.139. The van der Waals surface area contributed by atoms with Gasteiger partial charge in [-0.25, -0.2) is 0 Å². The Morgan fingerprint density at radius 2 is 1.55 bits per heavy atom. The fraction of sp³-hybridized carbons (Fsp3) is 0.737. The topological polar surface area (TPSA) is 214 Å². The average molecular weight is 446 g/mol. The lowest BCUT2D eigenvalue weighted by Gasteiger charge is -2.26. The van der Waals surface area contributed by atoms with Crippen molar-refractivity contribution >= 4 is 29.7 Å². The maximum absolute atomic E-state index is 12.8. The van der Waals surface area contributed by atoms with Gasteiger partial charge in [-0.2, -0.15) is 0 Å². The molecule has 0 radical (unpaired) electrons. The average Bonchev–Trinajstić information content (AvgIpc) is 2.71. The summed E-state index contributed by atoms with van der Waals surface area (Å²) in [6.45, 7) is 3.33. The number of hydrogen-bond donors (Lipinski definition) is 7. The van der Waals surface area contributed by atoms with Crippen LogP contribution in [0.2, 0.25) is 0 Å². The molecular weight excluding hydrogens is 410 g/mol. The van der Waals surface area contributed by atoms with Crippen LogP contribution in [0, 0.1) is 5.92 Å². The van der Waals surface area contributed by atoms with Crippen molar-refractivity contribution in [2.75, 3.05) is 13.1 Å². The summed E-state index contributed by atoms with van der Waals surface area (Å²) in [5, 5.41) is 24.9. The number of nitrogens with one attached hydrogen (secondary N) is 3. The molecule has 0 aromatic rings. The second-order valence-electron chi connectivity index (χ2n) is 7.37. The van der Waals surface area contributed by atoms with Gasteiger partial charge in [0.2, 0.25) is 17.7 Å². The van der Waals surface area contributed by atoms with Gasteiger partial charge in [-0.3, -0.25) is 24.0 Å². The van der Waals surface area contributed by atoms with Crippen molar-refractivity contribution in [3.63, 3.8) is 0 Å². The molecule has 4 unspecified atom stereocenters. The fourth-order valence-corrected chi connectivity index (χ4v) is 2.68. The highest BCUT2D eigenvalue weighted by molar-refractivity contribution is 5.94. The zero-order valence-corrected chi connectivity index (χ0v) is 18.1. The third kappa shape index (κ3) is 11.9. The summed E-state index contributed by atoms with van der Waals surface area (Å²) in [6.07, 6.45) is 1.57. The van der Waals surface area contributed by atoms with Crippen molar-refractivity contribution in [2.24, 2.45) is 17.4 Å². The van der Waals surface area contributed by atoms with Crippen LogP contribution in [0.15, 0.2) is 0 Å². The third-order valence-corrected chi connectivity index (χ3v) is 4.79. The number of carboxylic acids is 2. The molecule has 0 rings (SSSR count). The van der Waals surface area contributed by atoms with Gasteiger partial charge in [-0.15, -0.1) is 0 Å². The van der Waals surface area contributed by atoms with E-state index in [1.54, 1.807) is 13.8 Å². The molecule has 0 saturated carbocycles. The third-order valence-electron chi connectivity index (χ3n) is 4.79. The van der Waals surface area contributed by atoms with Gasteiger partial charge in [-0.05, 0) is 31.7 Å². The molecule has 0 aromatic heterocycles. The second kappa shape index (κ2) is 15.1. The normalized spacial score (nSPS) is 14.6. The molecule has 31 heavy (non-hydrogen) atoms. The minimum atomic E-state index is -1.24. The van der Waals surface area contributed by atoms with Gasteiger partial charge in [-0.1, -0.05) is 26.7 Å². The Morgan fingerprint density at radius 3 is 2.06 bits per heavy atom. The number of hydrogen-bond acceptors (Lipinski definition) is 7. The number of aliphatic carboxylic acids is 2. The maximum Gasteiger partial charge on any atom is 0.322 e. The molecule has 0 aromatic carbocycles. The standard InChI is InChI=1S/C19H35N5O7/c1-3-11(2)16(19(31)22-10-15(27)28)24-18(30)13(7-8-14(25)26)23-17(29)12(21)6-4-5-9-20/h11-13,16H,3-10,20-21H2,1-2H3,(H,22,31)(H,23,29)(H,24,30)(H,25,26)(H,27,28). The number of rotatable bonds is 16. The van der Waals surface area contributed by atoms with Crippen molar-refractivity contribution in [2.45, 2.75) is 70.5 Å². The molecule has 0 fully saturated rings. The predicted octanol–water partition coefficient (Wildman–Crippen LogP) is -1.48. The van der Waals surface area contributed by atoms with Crippen molar-refractivity contribution < 1.29 is 34.2 Å². The van der Waals surface area contributed by atoms with Gasteiger partial charge in [0.05, 0.1) is 6.04 Å². The summed E-state index contributed by atoms with van der Waals surface area (Å²) in [5.74, 6) is -4.79. The largest absolute Gasteiger partial charge is 0.481 e. The Bertz CT molecular complexity index is 629. The highest BCUT2D eigenvalue weighted by Crippen LogP contribution is 2.10. The van der Waals surface area contributed by atoms with Gasteiger partial charge in [0.1, 0.15) is 18.6 Å². The van der Waals surface area contributed by atoms with Gasteiger partial charge >= 0.3 is 11.9 Å². The summed E-state index contributed by atoms with van der Waals surface area (Å²) in [5.41, 5.74) is 11.2. The molecule has 4 atom stereocenters. The summed E-state index contributed by atoms with van der Waals surface area (Å²) in [6, 6.07) is -3.17. The maximum atomic E-state index is 12.8. The van der Waals surface area contributed by atoms with Crippen molar-refractivity contribution in [3.8, 4) is 0 Å². The van der Waals surface area contributed by atoms with E-state index >= 15 is 0 Å². The number of nitrogens with two attached hydrogens (primary N) is 2. The molecule has 0 aliphatic carbocycles. The molecule has 12 nitrogen and oxygen atoms in total. The van der Waals surface area contributed by atoms with Gasteiger partial charge in [0.15, 0.2) is 0 Å². The van der Waals surface area contributed by atoms with E-state index in [0.29, 0.717) is 32.2 Å². The number of carbonyl (C=O) groups excluding carboxylic acids is 3. The van der Waals surface area contributed by atoms with Crippen LogP contribution in [0.5, 0.6) is 0 Å². The highest BCUT2D eigenvalue weighted by atomic mass is 16.4. The highest BCUT2D eigenvalue weighted by Gasteiger charge is 2.31. The van der Waals surface area contributed by atoms with Gasteiger partial charge < -0.3 is 37.6 Å². The van der Waals surface area contributed by atoms with Crippen molar-refractivity contribution in [1.82, 2.24) is 16.0 Å². The summed E-state index contributed by atoms with van der Waals surface area (Å²) in [4.78, 5) is 59.1. The quantitative estimate of drug-likeness (QED) is 0.138. The Balaban J connectivity index is 5.28. The van der Waals surface area contributed by atoms with Crippen LogP contribution < -0.4 is 27.4 Å². The van der Waals surface area contributed by atoms with E-state index < -0.39 is 54.3 Å². The van der Waals surface area contributed by atoms with Crippen LogP contribution in [-0.4, -0.2) is 71.1 Å². The minimum Gasteiger partial charge on any atom is -0.481 e. The molecule has 0 aliphatic heterocycles. The number of carbonyl (C=O) groups is 5. The molecule has 0 saturated heterocycles. The monoisotopic (exact) mass is 445 g/mol. The molecule has 9 N–H and O–H groups in total. The number of carboxylic acid groups (broad SMARTS) is 2. The van der Waals surface area contributed by atoms with E-state index in [2.05, 4.69) is 16.0 Å². The zero-order valence-electron chi connectivity index (χ0n) is 18.1. The van der Waals surface area contributed by atoms with E-state index in [4.69, 9.17) is 21.7 Å². The molecule has 0 spiro atoms. The first-order valence-electron chi connectivity index (χ1n) is 10.3. The second-order valence-corrected chi connectivity index (χ2v) is 7.37. The minimum absolute atomic E-state index is 0.202. The van der Waals surface area contributed by atoms with Crippen molar-refractivity contribution in [3.05, 3.63) is 0 Å². The fourth-order valence-electron chi connectivity index (χ4n) is 2.68. The molecule has 12 heteroatoms. The Morgan fingerprint density at radius 1 is 0.903 bits per heavy atom. The molecule has 0 heterocycles. The number of unbranched alkanes of at least 4 members (excludes halogenated alkanes) is 1. The summed E-state index contributed by atoms with van der Waals surface area (Å²) >= 11 is 0. The van der Waals surface area contributed by atoms with Crippen LogP contribution in [0.1, 0.15) is 52.4 Å².